The van der Waals surface area contributed by atoms with E-state index in [1.807, 2.05) is 18.9 Å². The number of carbonyl (C=O) groups excluding carboxylic acids is 1. The molecule has 24 heavy (non-hydrogen) atoms. The Kier molecular flexibility index (Phi) is 5.13. The number of aromatic nitrogens is 2. The van der Waals surface area contributed by atoms with Gasteiger partial charge in [0, 0.05) is 29.4 Å². The highest BCUT2D eigenvalue weighted by molar-refractivity contribution is 6.35. The molecule has 3 rings (SSSR count). The molecule has 2 heterocycles. The normalized spacial score (nSPS) is 15.5. The van der Waals surface area contributed by atoms with Crippen molar-refractivity contribution in [3.63, 3.8) is 0 Å². The first-order valence-electron chi connectivity index (χ1n) is 8.05. The fourth-order valence-electron chi connectivity index (χ4n) is 2.89. The highest BCUT2D eigenvalue weighted by Crippen LogP contribution is 2.26. The van der Waals surface area contributed by atoms with E-state index in [2.05, 4.69) is 10.5 Å². The molecule has 1 aromatic carbocycles. The Hall–Kier alpha value is -1.56. The molecule has 0 radical (unpaired) electrons. The molecule has 1 fully saturated rings. The minimum absolute atomic E-state index is 0.179. The van der Waals surface area contributed by atoms with Crippen molar-refractivity contribution >= 4 is 29.1 Å². The average molecular weight is 367 g/mol. The maximum Gasteiger partial charge on any atom is 0.286 e. The third-order valence-corrected chi connectivity index (χ3v) is 4.92. The standard InChI is InChI=1S/C17H20Cl2N4O/c1-11-12(2)23(15-7-6-13(18)10-14(15)19)20-16(11)17(24)21-22-8-4-3-5-9-22/h6-7,10H,3-5,8-9H2,1-2H3,(H,21,24). The highest BCUT2D eigenvalue weighted by atomic mass is 35.5. The van der Waals surface area contributed by atoms with Crippen LogP contribution in [0.1, 0.15) is 41.0 Å². The minimum Gasteiger partial charge on any atom is -0.283 e. The fraction of sp³-hybridized carbons (Fsp3) is 0.412. The topological polar surface area (TPSA) is 50.2 Å². The number of hydrogen-bond donors (Lipinski definition) is 1. The highest BCUT2D eigenvalue weighted by Gasteiger charge is 2.22. The number of carbonyl (C=O) groups is 1. The molecule has 1 aromatic heterocycles. The lowest BCUT2D eigenvalue weighted by Gasteiger charge is -2.26. The number of benzene rings is 1. The van der Waals surface area contributed by atoms with Gasteiger partial charge in [-0.25, -0.2) is 9.69 Å². The average Bonchev–Trinajstić information content (AvgIpc) is 2.85. The van der Waals surface area contributed by atoms with Crippen molar-refractivity contribution in [2.45, 2.75) is 33.1 Å². The summed E-state index contributed by atoms with van der Waals surface area (Å²) >= 11 is 12.2. The van der Waals surface area contributed by atoms with Crippen molar-refractivity contribution in [3.8, 4) is 5.69 Å². The van der Waals surface area contributed by atoms with Crippen molar-refractivity contribution in [2.24, 2.45) is 0 Å². The van der Waals surface area contributed by atoms with Gasteiger partial charge in [-0.2, -0.15) is 5.10 Å². The Morgan fingerprint density at radius 3 is 2.54 bits per heavy atom. The lowest BCUT2D eigenvalue weighted by Crippen LogP contribution is -2.45. The lowest BCUT2D eigenvalue weighted by atomic mass is 10.1. The molecule has 0 atom stereocenters. The molecule has 0 bridgehead atoms. The van der Waals surface area contributed by atoms with Crippen LogP contribution >= 0.6 is 23.2 Å². The van der Waals surface area contributed by atoms with E-state index in [1.165, 1.54) is 6.42 Å². The second-order valence-corrected chi connectivity index (χ2v) is 6.90. The third-order valence-electron chi connectivity index (χ3n) is 4.38. The van der Waals surface area contributed by atoms with Crippen LogP contribution in [-0.4, -0.2) is 33.8 Å². The summed E-state index contributed by atoms with van der Waals surface area (Å²) < 4.78 is 1.69. The van der Waals surface area contributed by atoms with E-state index in [4.69, 9.17) is 23.2 Å². The number of hydrogen-bond acceptors (Lipinski definition) is 3. The maximum atomic E-state index is 12.6. The fourth-order valence-corrected chi connectivity index (χ4v) is 3.37. The lowest BCUT2D eigenvalue weighted by molar-refractivity contribution is 0.0743. The van der Waals surface area contributed by atoms with Gasteiger partial charge in [-0.1, -0.05) is 29.6 Å². The zero-order chi connectivity index (χ0) is 17.3. The number of piperidine rings is 1. The molecule has 7 heteroatoms. The van der Waals surface area contributed by atoms with Gasteiger partial charge in [0.15, 0.2) is 5.69 Å². The molecule has 0 unspecified atom stereocenters. The Labute approximate surface area is 151 Å². The molecule has 1 amide bonds. The summed E-state index contributed by atoms with van der Waals surface area (Å²) in [5.74, 6) is -0.179. The van der Waals surface area contributed by atoms with Crippen molar-refractivity contribution < 1.29 is 4.79 Å². The number of halogens is 2. The van der Waals surface area contributed by atoms with Gasteiger partial charge in [-0.05, 0) is 44.9 Å². The minimum atomic E-state index is -0.179. The van der Waals surface area contributed by atoms with Gasteiger partial charge in [-0.3, -0.25) is 10.2 Å². The van der Waals surface area contributed by atoms with Crippen LogP contribution in [0, 0.1) is 13.8 Å². The SMILES string of the molecule is Cc1c(C(=O)NN2CCCCC2)nn(-c2ccc(Cl)cc2Cl)c1C. The summed E-state index contributed by atoms with van der Waals surface area (Å²) in [7, 11) is 0. The van der Waals surface area contributed by atoms with Crippen LogP contribution in [0.3, 0.4) is 0 Å². The Morgan fingerprint density at radius 2 is 1.88 bits per heavy atom. The Bertz CT molecular complexity index is 766. The number of amides is 1. The van der Waals surface area contributed by atoms with Crippen LogP contribution in [-0.2, 0) is 0 Å². The molecule has 1 aliphatic rings. The van der Waals surface area contributed by atoms with Crippen LogP contribution < -0.4 is 5.43 Å². The number of nitrogens with one attached hydrogen (secondary N) is 1. The summed E-state index contributed by atoms with van der Waals surface area (Å²) in [5, 5.41) is 7.51. The van der Waals surface area contributed by atoms with E-state index in [-0.39, 0.29) is 5.91 Å². The van der Waals surface area contributed by atoms with E-state index in [9.17, 15) is 4.79 Å². The first-order chi connectivity index (χ1) is 11.5. The van der Waals surface area contributed by atoms with Crippen LogP contribution in [0.25, 0.3) is 5.69 Å². The van der Waals surface area contributed by atoms with Crippen molar-refractivity contribution in [1.29, 1.82) is 0 Å². The molecule has 1 aliphatic heterocycles. The van der Waals surface area contributed by atoms with Gasteiger partial charge >= 0.3 is 0 Å². The second kappa shape index (κ2) is 7.13. The van der Waals surface area contributed by atoms with Crippen LogP contribution in [0.4, 0.5) is 0 Å². The van der Waals surface area contributed by atoms with E-state index in [1.54, 1.807) is 22.9 Å². The molecular weight excluding hydrogens is 347 g/mol. The second-order valence-electron chi connectivity index (χ2n) is 6.06. The van der Waals surface area contributed by atoms with Crippen molar-refractivity contribution in [1.82, 2.24) is 20.2 Å². The van der Waals surface area contributed by atoms with Gasteiger partial charge in [0.2, 0.25) is 0 Å². The largest absolute Gasteiger partial charge is 0.286 e. The first kappa shape index (κ1) is 17.3. The van der Waals surface area contributed by atoms with E-state index >= 15 is 0 Å². The van der Waals surface area contributed by atoms with Crippen LogP contribution in [0.2, 0.25) is 10.0 Å². The number of nitrogens with zero attached hydrogens (tertiary/aromatic N) is 3. The van der Waals surface area contributed by atoms with Crippen molar-refractivity contribution in [3.05, 3.63) is 45.2 Å². The molecule has 0 aliphatic carbocycles. The summed E-state index contributed by atoms with van der Waals surface area (Å²) in [6.45, 7) is 5.58. The molecule has 1 saturated heterocycles. The summed E-state index contributed by atoms with van der Waals surface area (Å²) in [4.78, 5) is 12.6. The Morgan fingerprint density at radius 1 is 1.17 bits per heavy atom. The molecule has 0 saturated carbocycles. The van der Waals surface area contributed by atoms with Gasteiger partial charge in [-0.15, -0.1) is 0 Å². The van der Waals surface area contributed by atoms with E-state index < -0.39 is 0 Å². The molecule has 0 spiro atoms. The number of rotatable bonds is 3. The molecule has 2 aromatic rings. The third kappa shape index (κ3) is 3.43. The molecular formula is C17H20Cl2N4O. The monoisotopic (exact) mass is 366 g/mol. The predicted molar refractivity (Wildman–Crippen MR) is 95.9 cm³/mol. The summed E-state index contributed by atoms with van der Waals surface area (Å²) in [5.41, 5.74) is 5.80. The van der Waals surface area contributed by atoms with Crippen molar-refractivity contribution in [2.75, 3.05) is 13.1 Å². The van der Waals surface area contributed by atoms with Gasteiger partial charge in [0.1, 0.15) is 0 Å². The molecule has 5 nitrogen and oxygen atoms in total. The smallest absolute Gasteiger partial charge is 0.283 e. The Balaban J connectivity index is 1.89. The summed E-state index contributed by atoms with van der Waals surface area (Å²) in [6.07, 6.45) is 3.43. The van der Waals surface area contributed by atoms with Crippen LogP contribution in [0.15, 0.2) is 18.2 Å². The maximum absolute atomic E-state index is 12.6. The summed E-state index contributed by atoms with van der Waals surface area (Å²) in [6, 6.07) is 5.23. The van der Waals surface area contributed by atoms with Gasteiger partial charge < -0.3 is 0 Å². The van der Waals surface area contributed by atoms with Gasteiger partial charge in [0.05, 0.1) is 10.7 Å². The number of hydrazine groups is 1. The quantitative estimate of drug-likeness (QED) is 0.895. The van der Waals surface area contributed by atoms with Gasteiger partial charge in [0.25, 0.3) is 5.91 Å². The zero-order valence-corrected chi connectivity index (χ0v) is 15.3. The van der Waals surface area contributed by atoms with E-state index in [0.717, 1.165) is 37.2 Å². The van der Waals surface area contributed by atoms with Crippen LogP contribution in [0.5, 0.6) is 0 Å². The zero-order valence-electron chi connectivity index (χ0n) is 13.8. The molecule has 1 N–H and O–H groups in total. The predicted octanol–water partition coefficient (Wildman–Crippen LogP) is 3.93. The first-order valence-corrected chi connectivity index (χ1v) is 8.80. The molecule has 128 valence electrons. The van der Waals surface area contributed by atoms with E-state index in [0.29, 0.717) is 21.4 Å².